The van der Waals surface area contributed by atoms with Crippen LogP contribution in [0.3, 0.4) is 0 Å². The molecular formula is C48H56ClN9O6S. The number of nitrogens with zero attached hydrogens (tertiary/aromatic N) is 6. The van der Waals surface area contributed by atoms with Gasteiger partial charge in [0.15, 0.2) is 0 Å². The van der Waals surface area contributed by atoms with Gasteiger partial charge in [-0.3, -0.25) is 19.8 Å². The highest BCUT2D eigenvalue weighted by molar-refractivity contribution is 7.90. The van der Waals surface area contributed by atoms with Crippen molar-refractivity contribution in [1.82, 2.24) is 29.4 Å². The zero-order valence-electron chi connectivity index (χ0n) is 37.1. The molecule has 0 bridgehead atoms. The zero-order valence-corrected chi connectivity index (χ0v) is 38.7. The second kappa shape index (κ2) is 18.4. The molecule has 2 fully saturated rings. The van der Waals surface area contributed by atoms with Crippen molar-refractivity contribution >= 4 is 61.2 Å². The first-order chi connectivity index (χ1) is 31.2. The molecule has 1 aliphatic carbocycles. The Morgan fingerprint density at radius 3 is 2.49 bits per heavy atom. The monoisotopic (exact) mass is 921 g/mol. The molecule has 3 aromatic carbocycles. The van der Waals surface area contributed by atoms with E-state index in [1.54, 1.807) is 30.5 Å². The molecule has 15 nitrogen and oxygen atoms in total. The Labute approximate surface area is 385 Å². The minimum atomic E-state index is -4.58. The van der Waals surface area contributed by atoms with Crippen LogP contribution in [0.1, 0.15) is 54.6 Å². The SMILES string of the molecule is CN1CCN(C[C@H]2CNc3cc(S(=O)(=O)NC(=O)c4ccc(N5CCN(CC6=C(c7ccc(Cl)cc7)CC(C)(C)CC6)CC5)cc4Oc4cnc5[nH]ccc5c4)cc([N+](=O)[O-])c3C2)CC1. The number of hydrogen-bond acceptors (Lipinski definition) is 12. The van der Waals surface area contributed by atoms with Crippen LogP contribution >= 0.6 is 11.6 Å². The number of aromatic nitrogens is 2. The van der Waals surface area contributed by atoms with Gasteiger partial charge in [-0.25, -0.2) is 18.1 Å². The lowest BCUT2D eigenvalue weighted by Gasteiger charge is -2.39. The summed E-state index contributed by atoms with van der Waals surface area (Å²) >= 11 is 6.25. The number of allylic oxidation sites excluding steroid dienone is 1. The number of carbonyl (C=O) groups excluding carboxylic acids is 1. The van der Waals surface area contributed by atoms with E-state index >= 15 is 0 Å². The molecular weight excluding hydrogens is 866 g/mol. The van der Waals surface area contributed by atoms with E-state index in [-0.39, 0.29) is 33.2 Å². The van der Waals surface area contributed by atoms with Gasteiger partial charge < -0.3 is 29.7 Å². The number of nitro groups is 1. The number of nitro benzene ring substituents is 1. The largest absolute Gasteiger partial charge is 0.455 e. The lowest BCUT2D eigenvalue weighted by Crippen LogP contribution is -2.47. The van der Waals surface area contributed by atoms with Crippen molar-refractivity contribution in [1.29, 1.82) is 0 Å². The molecule has 0 saturated carbocycles. The van der Waals surface area contributed by atoms with Crippen molar-refractivity contribution in [2.75, 3.05) is 89.3 Å². The number of aromatic amines is 1. The van der Waals surface area contributed by atoms with Crippen LogP contribution in [-0.2, 0) is 16.4 Å². The van der Waals surface area contributed by atoms with Crippen molar-refractivity contribution in [3.8, 4) is 11.5 Å². The van der Waals surface area contributed by atoms with Gasteiger partial charge >= 0.3 is 0 Å². The van der Waals surface area contributed by atoms with Crippen molar-refractivity contribution in [3.05, 3.63) is 117 Å². The van der Waals surface area contributed by atoms with Crippen LogP contribution in [0.5, 0.6) is 11.5 Å². The first-order valence-electron chi connectivity index (χ1n) is 22.4. The number of ether oxygens (including phenoxy) is 1. The molecule has 5 aromatic rings. The number of H-pyrrole nitrogens is 1. The summed E-state index contributed by atoms with van der Waals surface area (Å²) in [5, 5.41) is 17.2. The molecule has 0 spiro atoms. The number of likely N-dealkylation sites (N-methyl/N-ethyl adjacent to an activating group) is 1. The number of nitrogens with one attached hydrogen (secondary N) is 3. The fraction of sp³-hybridized carbons (Fsp3) is 0.417. The van der Waals surface area contributed by atoms with Gasteiger partial charge in [-0.05, 0) is 97.7 Å². The minimum Gasteiger partial charge on any atom is -0.455 e. The molecule has 9 rings (SSSR count). The van der Waals surface area contributed by atoms with E-state index < -0.39 is 20.9 Å². The van der Waals surface area contributed by atoms with E-state index in [1.165, 1.54) is 29.0 Å². The number of hydrogen-bond donors (Lipinski definition) is 3. The number of halogens is 1. The van der Waals surface area contributed by atoms with Crippen molar-refractivity contribution < 1.29 is 22.9 Å². The Balaban J connectivity index is 0.933. The van der Waals surface area contributed by atoms with Crippen molar-refractivity contribution in [2.24, 2.45) is 11.3 Å². The van der Waals surface area contributed by atoms with Crippen molar-refractivity contribution in [2.45, 2.75) is 44.4 Å². The number of fused-ring (bicyclic) bond motifs is 2. The van der Waals surface area contributed by atoms with E-state index in [2.05, 4.69) is 72.6 Å². The van der Waals surface area contributed by atoms with Gasteiger partial charge in [0.2, 0.25) is 0 Å². The highest BCUT2D eigenvalue weighted by Crippen LogP contribution is 2.44. The maximum absolute atomic E-state index is 14.1. The van der Waals surface area contributed by atoms with Gasteiger partial charge in [0.25, 0.3) is 21.6 Å². The number of anilines is 2. The van der Waals surface area contributed by atoms with Crippen LogP contribution in [0.25, 0.3) is 16.6 Å². The van der Waals surface area contributed by atoms with E-state index in [1.807, 2.05) is 18.2 Å². The maximum atomic E-state index is 14.1. The predicted octanol–water partition coefficient (Wildman–Crippen LogP) is 7.65. The van der Waals surface area contributed by atoms with Gasteiger partial charge in [-0.1, -0.05) is 43.2 Å². The summed E-state index contributed by atoms with van der Waals surface area (Å²) in [6.07, 6.45) is 6.94. The normalized spacial score (nSPS) is 19.8. The van der Waals surface area contributed by atoms with E-state index in [0.29, 0.717) is 35.6 Å². The summed E-state index contributed by atoms with van der Waals surface area (Å²) in [4.78, 5) is 42.5. The van der Waals surface area contributed by atoms with E-state index in [4.69, 9.17) is 16.3 Å². The molecule has 3 aliphatic heterocycles. The van der Waals surface area contributed by atoms with Gasteiger partial charge in [0.05, 0.1) is 27.1 Å². The Bertz CT molecular complexity index is 2740. The van der Waals surface area contributed by atoms with Crippen LogP contribution in [0, 0.1) is 21.4 Å². The number of piperazine rings is 2. The number of rotatable bonds is 12. The number of pyridine rings is 1. The maximum Gasteiger partial charge on any atom is 0.276 e. The van der Waals surface area contributed by atoms with Gasteiger partial charge in [0.1, 0.15) is 17.1 Å². The number of carbonyl (C=O) groups is 1. The molecule has 0 radical (unpaired) electrons. The molecule has 65 heavy (non-hydrogen) atoms. The fourth-order valence-electron chi connectivity index (χ4n) is 9.68. The van der Waals surface area contributed by atoms with Crippen LogP contribution in [0.4, 0.5) is 17.1 Å². The molecule has 5 heterocycles. The molecule has 4 aliphatic rings. The Hall–Kier alpha value is -5.52. The van der Waals surface area contributed by atoms with Crippen LogP contribution < -0.4 is 19.7 Å². The summed E-state index contributed by atoms with van der Waals surface area (Å²) in [7, 11) is -2.49. The first kappa shape index (κ1) is 44.7. The molecule has 1 amide bonds. The highest BCUT2D eigenvalue weighted by Gasteiger charge is 2.33. The average Bonchev–Trinajstić information content (AvgIpc) is 3.76. The molecule has 1 atom stereocenters. The van der Waals surface area contributed by atoms with Gasteiger partial charge in [-0.2, -0.15) is 0 Å². The summed E-state index contributed by atoms with van der Waals surface area (Å²) in [6.45, 7) is 13.8. The minimum absolute atomic E-state index is 0.0238. The molecule has 0 unspecified atom stereocenters. The second-order valence-electron chi connectivity index (χ2n) is 18.8. The smallest absolute Gasteiger partial charge is 0.276 e. The first-order valence-corrected chi connectivity index (χ1v) is 24.2. The zero-order chi connectivity index (χ0) is 45.5. The predicted molar refractivity (Wildman–Crippen MR) is 255 cm³/mol. The number of amides is 1. The molecule has 2 aromatic heterocycles. The third kappa shape index (κ3) is 10.2. The van der Waals surface area contributed by atoms with Crippen molar-refractivity contribution in [3.63, 3.8) is 0 Å². The summed E-state index contributed by atoms with van der Waals surface area (Å²) < 4.78 is 36.5. The molecule has 342 valence electrons. The molecule has 17 heteroatoms. The van der Waals surface area contributed by atoms with Crippen LogP contribution in [0.15, 0.2) is 89.6 Å². The quantitative estimate of drug-likeness (QED) is 0.0827. The van der Waals surface area contributed by atoms with E-state index in [9.17, 15) is 23.3 Å². The van der Waals surface area contributed by atoms with Gasteiger partial charge in [0, 0.05) is 112 Å². The Morgan fingerprint density at radius 2 is 1.74 bits per heavy atom. The third-order valence-electron chi connectivity index (χ3n) is 13.5. The van der Waals surface area contributed by atoms with Gasteiger partial charge in [-0.15, -0.1) is 0 Å². The fourth-order valence-corrected chi connectivity index (χ4v) is 10.8. The topological polar surface area (TPSA) is 169 Å². The average molecular weight is 923 g/mol. The summed E-state index contributed by atoms with van der Waals surface area (Å²) in [5.74, 6) is -0.320. The van der Waals surface area contributed by atoms with Crippen LogP contribution in [-0.4, -0.2) is 123 Å². The summed E-state index contributed by atoms with van der Waals surface area (Å²) in [6, 6.07) is 19.4. The van der Waals surface area contributed by atoms with Crippen LogP contribution in [0.2, 0.25) is 5.02 Å². The molecule has 2 saturated heterocycles. The molecule has 3 N–H and O–H groups in total. The highest BCUT2D eigenvalue weighted by atomic mass is 35.5. The number of benzene rings is 3. The standard InChI is InChI=1S/C48H56ClN9O6S/c1-48(2)12-10-35(42(27-48)33-4-6-36(49)7-5-33)31-56-18-20-57(21-19-56)37-8-9-40(45(24-37)64-38-23-34-11-13-50-46(34)52-29-38)47(59)53-65(62,63)39-25-43-41(44(26-39)58(60)61)22-32(28-51-43)30-55-16-14-54(3)15-17-55/h4-9,11,13,23-26,29,32,51H,10,12,14-22,27-28,30-31H2,1-3H3,(H,50,52)(H,53,59)/t32-/m1/s1. The number of sulfonamides is 1. The Morgan fingerprint density at radius 1 is 0.985 bits per heavy atom. The lowest BCUT2D eigenvalue weighted by atomic mass is 9.72. The lowest BCUT2D eigenvalue weighted by molar-refractivity contribution is -0.385. The Kier molecular flexibility index (Phi) is 12.6. The third-order valence-corrected chi connectivity index (χ3v) is 15.0. The van der Waals surface area contributed by atoms with E-state index in [0.717, 1.165) is 107 Å². The summed E-state index contributed by atoms with van der Waals surface area (Å²) in [5.41, 5.74) is 6.35. The second-order valence-corrected chi connectivity index (χ2v) is 20.9.